The van der Waals surface area contributed by atoms with E-state index in [0.717, 1.165) is 30.9 Å². The molecule has 0 radical (unpaired) electrons. The summed E-state index contributed by atoms with van der Waals surface area (Å²) in [5.41, 5.74) is 0. The van der Waals surface area contributed by atoms with Crippen LogP contribution in [0.25, 0.3) is 0 Å². The second kappa shape index (κ2) is 7.64. The lowest BCUT2D eigenvalue weighted by atomic mass is 9.82. The number of hydrogen-bond donors (Lipinski definition) is 2. The van der Waals surface area contributed by atoms with Gasteiger partial charge >= 0.3 is 0 Å². The largest absolute Gasteiger partial charge is 0.355 e. The fourth-order valence-electron chi connectivity index (χ4n) is 3.63. The Kier molecular flexibility index (Phi) is 6.09. The predicted molar refractivity (Wildman–Crippen MR) is 90.4 cm³/mol. The molecule has 2 atom stereocenters. The topological polar surface area (TPSA) is 73.8 Å². The second-order valence-corrected chi connectivity index (χ2v) is 8.65. The highest BCUT2D eigenvalue weighted by molar-refractivity contribution is 7.89. The Labute approximate surface area is 134 Å². The minimum absolute atomic E-state index is 0.0639. The Bertz CT molecular complexity index is 476. The Morgan fingerprint density at radius 2 is 1.82 bits per heavy atom. The summed E-state index contributed by atoms with van der Waals surface area (Å²) in [6.45, 7) is 6.16. The number of nitrogens with zero attached hydrogens (tertiary/aromatic N) is 2. The second-order valence-electron chi connectivity index (χ2n) is 6.78. The van der Waals surface area contributed by atoms with Crippen molar-refractivity contribution in [2.45, 2.75) is 45.6 Å². The predicted octanol–water partition coefficient (Wildman–Crippen LogP) is 1.01. The van der Waals surface area contributed by atoms with E-state index in [1.165, 1.54) is 25.7 Å². The number of hydrogen-bond acceptors (Lipinski definition) is 3. The van der Waals surface area contributed by atoms with Crippen molar-refractivity contribution < 1.29 is 8.42 Å². The van der Waals surface area contributed by atoms with Crippen LogP contribution in [-0.4, -0.2) is 57.8 Å². The molecule has 128 valence electrons. The van der Waals surface area contributed by atoms with Gasteiger partial charge in [0.15, 0.2) is 5.96 Å². The van der Waals surface area contributed by atoms with Crippen LogP contribution < -0.4 is 10.0 Å². The minimum atomic E-state index is -3.22. The van der Waals surface area contributed by atoms with Crippen LogP contribution in [-0.2, 0) is 10.0 Å². The molecule has 22 heavy (non-hydrogen) atoms. The van der Waals surface area contributed by atoms with Crippen molar-refractivity contribution in [1.82, 2.24) is 14.9 Å². The fraction of sp³-hybridized carbons (Fsp3) is 0.933. The summed E-state index contributed by atoms with van der Waals surface area (Å²) in [4.78, 5) is 6.62. The zero-order chi connectivity index (χ0) is 16.2. The molecule has 0 amide bonds. The van der Waals surface area contributed by atoms with Gasteiger partial charge in [-0.05, 0) is 38.5 Å². The van der Waals surface area contributed by atoms with E-state index in [2.05, 4.69) is 19.9 Å². The summed E-state index contributed by atoms with van der Waals surface area (Å²) in [6.07, 6.45) is 5.34. The third-order valence-corrected chi connectivity index (χ3v) is 6.13. The molecular formula is C15H30N4O2S. The summed E-state index contributed by atoms with van der Waals surface area (Å²) < 4.78 is 26.3. The summed E-state index contributed by atoms with van der Waals surface area (Å²) in [6, 6.07) is -0.0639. The molecule has 0 aromatic heterocycles. The van der Waals surface area contributed by atoms with E-state index in [-0.39, 0.29) is 11.8 Å². The van der Waals surface area contributed by atoms with Gasteiger partial charge in [-0.2, -0.15) is 0 Å². The van der Waals surface area contributed by atoms with Gasteiger partial charge in [0.25, 0.3) is 0 Å². The van der Waals surface area contributed by atoms with Crippen LogP contribution in [0, 0.1) is 11.8 Å². The van der Waals surface area contributed by atoms with Crippen LogP contribution in [0.4, 0.5) is 0 Å². The molecule has 2 aliphatic rings. The highest BCUT2D eigenvalue weighted by Gasteiger charge is 2.35. The van der Waals surface area contributed by atoms with Crippen molar-refractivity contribution >= 4 is 16.0 Å². The standard InChI is InChI=1S/C15H30N4O2S/c1-12(2)18-22(20,21)9-8-17-15(16-3)19-10-13-6-4-5-7-14(13)11-19/h12-14,18H,4-11H2,1-3H3,(H,16,17). The lowest BCUT2D eigenvalue weighted by Gasteiger charge is -2.22. The van der Waals surface area contributed by atoms with Gasteiger partial charge in [-0.3, -0.25) is 4.99 Å². The third kappa shape index (κ3) is 4.84. The Morgan fingerprint density at radius 1 is 1.23 bits per heavy atom. The zero-order valence-corrected chi connectivity index (χ0v) is 14.8. The Hall–Kier alpha value is -0.820. The fourth-order valence-corrected chi connectivity index (χ4v) is 4.83. The zero-order valence-electron chi connectivity index (χ0n) is 14.0. The quantitative estimate of drug-likeness (QED) is 0.583. The van der Waals surface area contributed by atoms with Crippen molar-refractivity contribution in [2.24, 2.45) is 16.8 Å². The van der Waals surface area contributed by atoms with Crippen LogP contribution in [0.3, 0.4) is 0 Å². The first-order chi connectivity index (χ1) is 10.4. The molecule has 0 aromatic carbocycles. The monoisotopic (exact) mass is 330 g/mol. The molecule has 0 spiro atoms. The van der Waals surface area contributed by atoms with Gasteiger partial charge in [-0.1, -0.05) is 12.8 Å². The SMILES string of the molecule is CN=C(NCCS(=O)(=O)NC(C)C)N1CC2CCCCC2C1. The van der Waals surface area contributed by atoms with E-state index in [9.17, 15) is 8.42 Å². The van der Waals surface area contributed by atoms with Crippen LogP contribution in [0.15, 0.2) is 4.99 Å². The molecule has 1 aliphatic heterocycles. The molecule has 2 rings (SSSR count). The van der Waals surface area contributed by atoms with E-state index in [4.69, 9.17) is 0 Å². The summed E-state index contributed by atoms with van der Waals surface area (Å²) in [5, 5.41) is 3.21. The lowest BCUT2D eigenvalue weighted by Crippen LogP contribution is -2.43. The van der Waals surface area contributed by atoms with Gasteiger partial charge in [-0.15, -0.1) is 0 Å². The highest BCUT2D eigenvalue weighted by Crippen LogP contribution is 2.35. The van der Waals surface area contributed by atoms with Gasteiger partial charge in [0.2, 0.25) is 10.0 Å². The van der Waals surface area contributed by atoms with Crippen molar-refractivity contribution in [3.05, 3.63) is 0 Å². The van der Waals surface area contributed by atoms with Crippen LogP contribution >= 0.6 is 0 Å². The molecule has 1 heterocycles. The minimum Gasteiger partial charge on any atom is -0.355 e. The summed E-state index contributed by atoms with van der Waals surface area (Å²) in [5.74, 6) is 2.50. The van der Waals surface area contributed by atoms with Crippen molar-refractivity contribution in [3.63, 3.8) is 0 Å². The van der Waals surface area contributed by atoms with E-state index in [1.54, 1.807) is 7.05 Å². The first-order valence-corrected chi connectivity index (χ1v) is 10.0. The van der Waals surface area contributed by atoms with Gasteiger partial charge in [0, 0.05) is 32.7 Å². The van der Waals surface area contributed by atoms with Crippen molar-refractivity contribution in [1.29, 1.82) is 0 Å². The number of guanidine groups is 1. The Balaban J connectivity index is 1.81. The maximum Gasteiger partial charge on any atom is 0.213 e. The molecule has 2 unspecified atom stereocenters. The van der Waals surface area contributed by atoms with E-state index >= 15 is 0 Å². The van der Waals surface area contributed by atoms with Gasteiger partial charge < -0.3 is 10.2 Å². The van der Waals surface area contributed by atoms with Gasteiger partial charge in [0.1, 0.15) is 0 Å². The molecule has 2 N–H and O–H groups in total. The van der Waals surface area contributed by atoms with Crippen molar-refractivity contribution in [3.8, 4) is 0 Å². The summed E-state index contributed by atoms with van der Waals surface area (Å²) >= 11 is 0. The third-order valence-electron chi connectivity index (χ3n) is 4.56. The number of fused-ring (bicyclic) bond motifs is 1. The summed E-state index contributed by atoms with van der Waals surface area (Å²) in [7, 11) is -1.45. The number of nitrogens with one attached hydrogen (secondary N) is 2. The molecule has 7 heteroatoms. The van der Waals surface area contributed by atoms with Crippen LogP contribution in [0.5, 0.6) is 0 Å². The smallest absolute Gasteiger partial charge is 0.213 e. The van der Waals surface area contributed by atoms with Gasteiger partial charge in [-0.25, -0.2) is 13.1 Å². The maximum absolute atomic E-state index is 11.8. The van der Waals surface area contributed by atoms with E-state index in [0.29, 0.717) is 6.54 Å². The highest BCUT2D eigenvalue weighted by atomic mass is 32.2. The number of rotatable bonds is 5. The average Bonchev–Trinajstić information content (AvgIpc) is 2.85. The number of likely N-dealkylation sites (tertiary alicyclic amines) is 1. The molecule has 1 aliphatic carbocycles. The molecule has 1 saturated heterocycles. The van der Waals surface area contributed by atoms with Crippen LogP contribution in [0.1, 0.15) is 39.5 Å². The average molecular weight is 330 g/mol. The van der Waals surface area contributed by atoms with E-state index in [1.807, 2.05) is 13.8 Å². The van der Waals surface area contributed by atoms with Crippen LogP contribution in [0.2, 0.25) is 0 Å². The molecule has 2 fully saturated rings. The Morgan fingerprint density at radius 3 is 2.32 bits per heavy atom. The lowest BCUT2D eigenvalue weighted by molar-refractivity contribution is 0.299. The van der Waals surface area contributed by atoms with Crippen molar-refractivity contribution in [2.75, 3.05) is 32.4 Å². The number of aliphatic imine (C=N–C) groups is 1. The van der Waals surface area contributed by atoms with Gasteiger partial charge in [0.05, 0.1) is 5.75 Å². The molecular weight excluding hydrogens is 300 g/mol. The maximum atomic E-state index is 11.8. The number of sulfonamides is 1. The molecule has 6 nitrogen and oxygen atoms in total. The first kappa shape index (κ1) is 17.5. The molecule has 0 bridgehead atoms. The van der Waals surface area contributed by atoms with E-state index < -0.39 is 10.0 Å². The first-order valence-electron chi connectivity index (χ1n) is 8.37. The molecule has 1 saturated carbocycles. The molecule has 0 aromatic rings. The normalized spacial score (nSPS) is 26.4.